The van der Waals surface area contributed by atoms with E-state index in [2.05, 4.69) is 4.98 Å². The van der Waals surface area contributed by atoms with E-state index in [-0.39, 0.29) is 29.8 Å². The van der Waals surface area contributed by atoms with E-state index in [1.165, 1.54) is 0 Å². The van der Waals surface area contributed by atoms with E-state index in [1.54, 1.807) is 24.3 Å². The van der Waals surface area contributed by atoms with Crippen LogP contribution in [0.2, 0.25) is 0 Å². The van der Waals surface area contributed by atoms with Crippen molar-refractivity contribution in [3.8, 4) is 0 Å². The lowest BCUT2D eigenvalue weighted by Gasteiger charge is -2.15. The number of hydrogen-bond donors (Lipinski definition) is 1. The van der Waals surface area contributed by atoms with Gasteiger partial charge in [0.25, 0.3) is 5.91 Å². The van der Waals surface area contributed by atoms with Crippen molar-refractivity contribution >= 4 is 23.2 Å². The van der Waals surface area contributed by atoms with E-state index in [0.717, 1.165) is 30.6 Å². The van der Waals surface area contributed by atoms with Gasteiger partial charge in [0.05, 0.1) is 6.61 Å². The quantitative estimate of drug-likeness (QED) is 0.582. The van der Waals surface area contributed by atoms with Crippen molar-refractivity contribution in [3.63, 3.8) is 0 Å². The van der Waals surface area contributed by atoms with E-state index in [9.17, 15) is 9.59 Å². The van der Waals surface area contributed by atoms with E-state index in [4.69, 9.17) is 9.84 Å². The molecule has 6 nitrogen and oxygen atoms in total. The molecule has 0 unspecified atom stereocenters. The molecule has 0 aromatic carbocycles. The Morgan fingerprint density at radius 1 is 1.40 bits per heavy atom. The maximum atomic E-state index is 12.1. The molecule has 1 N–H and O–H groups in total. The third kappa shape index (κ3) is 4.90. The van der Waals surface area contributed by atoms with Gasteiger partial charge in [0.15, 0.2) is 0 Å². The van der Waals surface area contributed by atoms with E-state index in [1.807, 2.05) is 0 Å². The van der Waals surface area contributed by atoms with Crippen molar-refractivity contribution in [1.29, 1.82) is 0 Å². The summed E-state index contributed by atoms with van der Waals surface area (Å²) in [6.07, 6.45) is 2.45. The molecule has 1 aromatic rings. The fourth-order valence-corrected chi connectivity index (χ4v) is 2.28. The Hall–Kier alpha value is -1.47. The molecule has 1 aromatic heterocycles. The Kier molecular flexibility index (Phi) is 7.17. The molecule has 0 aliphatic rings. The number of hydrogen-bond acceptors (Lipinski definition) is 6. The predicted molar refractivity (Wildman–Crippen MR) is 76.0 cm³/mol. The molecular weight excluding hydrogens is 280 g/mol. The number of esters is 1. The van der Waals surface area contributed by atoms with Gasteiger partial charge in [0.2, 0.25) is 5.01 Å². The Labute approximate surface area is 122 Å². The highest BCUT2D eigenvalue weighted by molar-refractivity contribution is 7.11. The van der Waals surface area contributed by atoms with Crippen LogP contribution < -0.4 is 0 Å². The summed E-state index contributed by atoms with van der Waals surface area (Å²) in [7, 11) is 1.70. The second-order valence-electron chi connectivity index (χ2n) is 4.27. The van der Waals surface area contributed by atoms with Crippen LogP contribution in [0, 0.1) is 0 Å². The SMILES string of the molecule is CCOC(=O)c1nc(C(=O)N(C)CCCCCO)cs1. The highest BCUT2D eigenvalue weighted by Gasteiger charge is 2.18. The summed E-state index contributed by atoms with van der Waals surface area (Å²) in [4.78, 5) is 29.1. The van der Waals surface area contributed by atoms with Crippen LogP contribution in [0.25, 0.3) is 0 Å². The van der Waals surface area contributed by atoms with Gasteiger partial charge < -0.3 is 14.7 Å². The molecule has 0 aliphatic heterocycles. The Morgan fingerprint density at radius 2 is 2.15 bits per heavy atom. The van der Waals surface area contributed by atoms with Gasteiger partial charge in [-0.1, -0.05) is 0 Å². The van der Waals surface area contributed by atoms with Crippen LogP contribution in [-0.2, 0) is 4.74 Å². The third-order valence-corrected chi connectivity index (χ3v) is 3.49. The molecule has 1 heterocycles. The molecule has 112 valence electrons. The first kappa shape index (κ1) is 16.6. The average Bonchev–Trinajstić information content (AvgIpc) is 2.92. The number of amides is 1. The van der Waals surface area contributed by atoms with Crippen molar-refractivity contribution in [2.75, 3.05) is 26.8 Å². The normalized spacial score (nSPS) is 10.3. The lowest BCUT2D eigenvalue weighted by molar-refractivity contribution is 0.0526. The standard InChI is InChI=1S/C13H20N2O4S/c1-3-19-13(18)11-14-10(9-20-11)12(17)15(2)7-5-4-6-8-16/h9,16H,3-8H2,1-2H3. The fourth-order valence-electron chi connectivity index (χ4n) is 1.59. The number of carbonyl (C=O) groups is 2. The number of thiazole rings is 1. The molecule has 0 aliphatic carbocycles. The van der Waals surface area contributed by atoms with E-state index < -0.39 is 5.97 Å². The summed E-state index contributed by atoms with van der Waals surface area (Å²) in [5.74, 6) is -0.706. The zero-order valence-electron chi connectivity index (χ0n) is 11.8. The second kappa shape index (κ2) is 8.65. The van der Waals surface area contributed by atoms with Crippen molar-refractivity contribution in [2.24, 2.45) is 0 Å². The predicted octanol–water partition coefficient (Wildman–Crippen LogP) is 1.55. The highest BCUT2D eigenvalue weighted by Crippen LogP contribution is 2.13. The van der Waals surface area contributed by atoms with Gasteiger partial charge in [0, 0.05) is 25.6 Å². The van der Waals surface area contributed by atoms with E-state index in [0.29, 0.717) is 6.54 Å². The Morgan fingerprint density at radius 3 is 2.80 bits per heavy atom. The lowest BCUT2D eigenvalue weighted by atomic mass is 10.2. The minimum atomic E-state index is -0.498. The topological polar surface area (TPSA) is 79.7 Å². The number of aromatic nitrogens is 1. The number of unbranched alkanes of at least 4 members (excludes halogenated alkanes) is 2. The van der Waals surface area contributed by atoms with Gasteiger partial charge >= 0.3 is 5.97 Å². The first-order valence-corrected chi connectivity index (χ1v) is 7.47. The maximum absolute atomic E-state index is 12.1. The molecule has 20 heavy (non-hydrogen) atoms. The first-order valence-electron chi connectivity index (χ1n) is 6.59. The van der Waals surface area contributed by atoms with Crippen LogP contribution in [-0.4, -0.2) is 53.7 Å². The van der Waals surface area contributed by atoms with Crippen LogP contribution in [0.15, 0.2) is 5.38 Å². The molecule has 0 fully saturated rings. The summed E-state index contributed by atoms with van der Waals surface area (Å²) >= 11 is 1.11. The second-order valence-corrected chi connectivity index (χ2v) is 5.13. The minimum absolute atomic E-state index is 0.173. The molecule has 0 spiro atoms. The average molecular weight is 300 g/mol. The Bertz CT molecular complexity index is 447. The van der Waals surface area contributed by atoms with Gasteiger partial charge in [0.1, 0.15) is 5.69 Å². The van der Waals surface area contributed by atoms with Crippen molar-refractivity contribution in [2.45, 2.75) is 26.2 Å². The minimum Gasteiger partial charge on any atom is -0.461 e. The zero-order valence-corrected chi connectivity index (χ0v) is 12.6. The number of rotatable bonds is 8. The molecule has 0 radical (unpaired) electrons. The van der Waals surface area contributed by atoms with Crippen molar-refractivity contribution < 1.29 is 19.4 Å². The maximum Gasteiger partial charge on any atom is 0.367 e. The zero-order chi connectivity index (χ0) is 15.0. The van der Waals surface area contributed by atoms with Gasteiger partial charge in [-0.15, -0.1) is 11.3 Å². The van der Waals surface area contributed by atoms with Crippen LogP contribution >= 0.6 is 11.3 Å². The first-order chi connectivity index (χ1) is 9.60. The molecule has 0 atom stereocenters. The smallest absolute Gasteiger partial charge is 0.367 e. The largest absolute Gasteiger partial charge is 0.461 e. The summed E-state index contributed by atoms with van der Waals surface area (Å²) < 4.78 is 4.83. The highest BCUT2D eigenvalue weighted by atomic mass is 32.1. The van der Waals surface area contributed by atoms with E-state index >= 15 is 0 Å². The number of aliphatic hydroxyl groups is 1. The van der Waals surface area contributed by atoms with Gasteiger partial charge in [-0.05, 0) is 26.2 Å². The summed E-state index contributed by atoms with van der Waals surface area (Å²) in [5, 5.41) is 10.5. The van der Waals surface area contributed by atoms with Crippen LogP contribution in [0.4, 0.5) is 0 Å². The van der Waals surface area contributed by atoms with Gasteiger partial charge in [-0.3, -0.25) is 4.79 Å². The number of nitrogens with zero attached hydrogens (tertiary/aromatic N) is 2. The van der Waals surface area contributed by atoms with Gasteiger partial charge in [-0.25, -0.2) is 9.78 Å². The molecule has 0 bridgehead atoms. The van der Waals surface area contributed by atoms with Crippen LogP contribution in [0.3, 0.4) is 0 Å². The van der Waals surface area contributed by atoms with Crippen molar-refractivity contribution in [3.05, 3.63) is 16.1 Å². The number of ether oxygens (including phenoxy) is 1. The summed E-state index contributed by atoms with van der Waals surface area (Å²) in [5.41, 5.74) is 0.266. The lowest BCUT2D eigenvalue weighted by Crippen LogP contribution is -2.28. The fraction of sp³-hybridized carbons (Fsp3) is 0.615. The molecule has 1 rings (SSSR count). The number of carbonyl (C=O) groups excluding carboxylic acids is 2. The molecule has 0 saturated heterocycles. The number of aliphatic hydroxyl groups excluding tert-OH is 1. The Balaban J connectivity index is 2.52. The molecular formula is C13H20N2O4S. The molecule has 0 saturated carbocycles. The molecule has 1 amide bonds. The third-order valence-electron chi connectivity index (χ3n) is 2.67. The van der Waals surface area contributed by atoms with Crippen molar-refractivity contribution in [1.82, 2.24) is 9.88 Å². The monoisotopic (exact) mass is 300 g/mol. The van der Waals surface area contributed by atoms with Crippen LogP contribution in [0.1, 0.15) is 46.5 Å². The molecule has 7 heteroatoms. The summed E-state index contributed by atoms with van der Waals surface area (Å²) in [6.45, 7) is 2.78. The summed E-state index contributed by atoms with van der Waals surface area (Å²) in [6, 6.07) is 0. The van der Waals surface area contributed by atoms with Gasteiger partial charge in [-0.2, -0.15) is 0 Å². The van der Waals surface area contributed by atoms with Crippen LogP contribution in [0.5, 0.6) is 0 Å².